The summed E-state index contributed by atoms with van der Waals surface area (Å²) in [6.45, 7) is 0. The van der Waals surface area contributed by atoms with Crippen molar-refractivity contribution in [2.24, 2.45) is 0 Å². The Kier molecular flexibility index (Phi) is 3.24. The SMILES string of the molecule is O=C(CCc1ccc(O)c(C2CC2)c1)C1=CC=CC1. The van der Waals surface area contributed by atoms with E-state index in [1.165, 1.54) is 12.8 Å². The van der Waals surface area contributed by atoms with Crippen LogP contribution in [0.2, 0.25) is 0 Å². The molecule has 2 aliphatic rings. The quantitative estimate of drug-likeness (QED) is 0.870. The third kappa shape index (κ3) is 2.78. The van der Waals surface area contributed by atoms with Gasteiger partial charge in [0.15, 0.2) is 5.78 Å². The lowest BCUT2D eigenvalue weighted by Crippen LogP contribution is -2.02. The Balaban J connectivity index is 1.63. The first-order valence-corrected chi connectivity index (χ1v) is 6.95. The van der Waals surface area contributed by atoms with Gasteiger partial charge >= 0.3 is 0 Å². The summed E-state index contributed by atoms with van der Waals surface area (Å²) in [5, 5.41) is 9.81. The topological polar surface area (TPSA) is 37.3 Å². The lowest BCUT2D eigenvalue weighted by molar-refractivity contribution is -0.115. The number of rotatable bonds is 5. The van der Waals surface area contributed by atoms with Crippen LogP contribution in [0.15, 0.2) is 42.0 Å². The Morgan fingerprint density at radius 3 is 2.84 bits per heavy atom. The number of hydrogen-bond acceptors (Lipinski definition) is 2. The third-order valence-electron chi connectivity index (χ3n) is 3.88. The van der Waals surface area contributed by atoms with Gasteiger partial charge in [-0.05, 0) is 54.4 Å². The fraction of sp³-hybridized carbons (Fsp3) is 0.353. The first-order chi connectivity index (χ1) is 9.24. The molecule has 1 N–H and O–H groups in total. The standard InChI is InChI=1S/C17H18O2/c18-16(14-3-1-2-4-14)9-5-12-6-10-17(19)15(11-12)13-7-8-13/h1-3,6,10-11,13,19H,4-5,7-9H2. The van der Waals surface area contributed by atoms with E-state index in [1.54, 1.807) is 6.07 Å². The highest BCUT2D eigenvalue weighted by molar-refractivity contribution is 5.96. The summed E-state index contributed by atoms with van der Waals surface area (Å²) in [6.07, 6.45) is 10.3. The van der Waals surface area contributed by atoms with Crippen molar-refractivity contribution in [2.45, 2.75) is 38.0 Å². The lowest BCUT2D eigenvalue weighted by Gasteiger charge is -2.07. The van der Waals surface area contributed by atoms with Crippen molar-refractivity contribution in [1.82, 2.24) is 0 Å². The van der Waals surface area contributed by atoms with Crippen molar-refractivity contribution in [3.8, 4) is 5.75 Å². The summed E-state index contributed by atoms with van der Waals surface area (Å²) in [4.78, 5) is 12.0. The molecule has 0 heterocycles. The molecule has 3 rings (SSSR count). The van der Waals surface area contributed by atoms with Gasteiger partial charge in [0.05, 0.1) is 0 Å². The van der Waals surface area contributed by atoms with Gasteiger partial charge in [-0.1, -0.05) is 30.4 Å². The average Bonchev–Trinajstić information content (AvgIpc) is 3.11. The van der Waals surface area contributed by atoms with Crippen molar-refractivity contribution in [3.05, 3.63) is 53.1 Å². The summed E-state index contributed by atoms with van der Waals surface area (Å²) in [5.41, 5.74) is 3.13. The normalized spacial score (nSPS) is 17.6. The average molecular weight is 254 g/mol. The second kappa shape index (κ2) is 5.04. The van der Waals surface area contributed by atoms with E-state index in [-0.39, 0.29) is 5.78 Å². The summed E-state index contributed by atoms with van der Waals surface area (Å²) < 4.78 is 0. The van der Waals surface area contributed by atoms with E-state index in [9.17, 15) is 9.90 Å². The molecule has 0 atom stereocenters. The second-order valence-electron chi connectivity index (χ2n) is 5.41. The molecule has 0 radical (unpaired) electrons. The Bertz CT molecular complexity index is 563. The van der Waals surface area contributed by atoms with E-state index in [0.717, 1.165) is 29.5 Å². The van der Waals surface area contributed by atoms with Gasteiger partial charge in [0.25, 0.3) is 0 Å². The molecule has 0 amide bonds. The number of phenols is 1. The van der Waals surface area contributed by atoms with Crippen LogP contribution in [0.5, 0.6) is 5.75 Å². The van der Waals surface area contributed by atoms with E-state index in [1.807, 2.05) is 24.3 Å². The van der Waals surface area contributed by atoms with Crippen molar-refractivity contribution >= 4 is 5.78 Å². The Morgan fingerprint density at radius 2 is 2.16 bits per heavy atom. The van der Waals surface area contributed by atoms with Crippen molar-refractivity contribution < 1.29 is 9.90 Å². The van der Waals surface area contributed by atoms with Crippen LogP contribution >= 0.6 is 0 Å². The molecule has 2 heteroatoms. The molecule has 1 aromatic rings. The van der Waals surface area contributed by atoms with Gasteiger partial charge in [0.2, 0.25) is 0 Å². The van der Waals surface area contributed by atoms with Gasteiger partial charge in [0.1, 0.15) is 5.75 Å². The highest BCUT2D eigenvalue weighted by Gasteiger charge is 2.26. The Hall–Kier alpha value is -1.83. The van der Waals surface area contributed by atoms with E-state index in [2.05, 4.69) is 6.07 Å². The Morgan fingerprint density at radius 1 is 1.32 bits per heavy atom. The number of carbonyl (C=O) groups is 1. The van der Waals surface area contributed by atoms with E-state index in [0.29, 0.717) is 18.1 Å². The first kappa shape index (κ1) is 12.2. The van der Waals surface area contributed by atoms with Crippen LogP contribution in [0.25, 0.3) is 0 Å². The summed E-state index contributed by atoms with van der Waals surface area (Å²) in [7, 11) is 0. The molecule has 0 saturated heterocycles. The molecule has 0 spiro atoms. The van der Waals surface area contributed by atoms with Gasteiger partial charge in [0, 0.05) is 6.42 Å². The molecule has 0 unspecified atom stereocenters. The predicted molar refractivity (Wildman–Crippen MR) is 75.2 cm³/mol. The minimum absolute atomic E-state index is 0.242. The maximum Gasteiger partial charge on any atom is 0.159 e. The van der Waals surface area contributed by atoms with Crippen LogP contribution in [0.4, 0.5) is 0 Å². The molecule has 2 aliphatic carbocycles. The zero-order valence-electron chi connectivity index (χ0n) is 10.9. The Labute approximate surface area is 113 Å². The fourth-order valence-electron chi connectivity index (χ4n) is 2.55. The predicted octanol–water partition coefficient (Wildman–Crippen LogP) is 3.66. The zero-order valence-corrected chi connectivity index (χ0v) is 10.9. The number of phenolic OH excluding ortho intramolecular Hbond substituents is 1. The van der Waals surface area contributed by atoms with Crippen LogP contribution in [0.3, 0.4) is 0 Å². The molecular formula is C17H18O2. The molecule has 1 fully saturated rings. The summed E-state index contributed by atoms with van der Waals surface area (Å²) >= 11 is 0. The molecule has 1 saturated carbocycles. The van der Waals surface area contributed by atoms with Crippen molar-refractivity contribution in [2.75, 3.05) is 0 Å². The largest absolute Gasteiger partial charge is 0.508 e. The second-order valence-corrected chi connectivity index (χ2v) is 5.41. The van der Waals surface area contributed by atoms with E-state index < -0.39 is 0 Å². The van der Waals surface area contributed by atoms with Gasteiger partial charge in [-0.3, -0.25) is 4.79 Å². The molecule has 19 heavy (non-hydrogen) atoms. The molecular weight excluding hydrogens is 236 g/mol. The third-order valence-corrected chi connectivity index (χ3v) is 3.88. The zero-order chi connectivity index (χ0) is 13.2. The molecule has 98 valence electrons. The van der Waals surface area contributed by atoms with Crippen molar-refractivity contribution in [1.29, 1.82) is 0 Å². The number of hydrogen-bond donors (Lipinski definition) is 1. The number of Topliss-reactive ketones (excluding diaryl/α,β-unsaturated/α-hetero) is 1. The van der Waals surface area contributed by atoms with E-state index >= 15 is 0 Å². The van der Waals surface area contributed by atoms with Crippen LogP contribution in [0.1, 0.15) is 42.7 Å². The minimum Gasteiger partial charge on any atom is -0.508 e. The highest BCUT2D eigenvalue weighted by atomic mass is 16.3. The number of benzene rings is 1. The number of allylic oxidation sites excluding steroid dienone is 4. The molecule has 0 bridgehead atoms. The molecule has 0 aromatic heterocycles. The number of aromatic hydroxyl groups is 1. The summed E-state index contributed by atoms with van der Waals surface area (Å²) in [6, 6.07) is 5.77. The van der Waals surface area contributed by atoms with E-state index in [4.69, 9.17) is 0 Å². The van der Waals surface area contributed by atoms with Gasteiger partial charge in [-0.15, -0.1) is 0 Å². The first-order valence-electron chi connectivity index (χ1n) is 6.95. The van der Waals surface area contributed by atoms with Gasteiger partial charge < -0.3 is 5.11 Å². The maximum absolute atomic E-state index is 12.0. The number of carbonyl (C=O) groups excluding carboxylic acids is 1. The van der Waals surface area contributed by atoms with Gasteiger partial charge in [-0.25, -0.2) is 0 Å². The summed E-state index contributed by atoms with van der Waals surface area (Å²) in [5.74, 6) is 1.18. The molecule has 2 nitrogen and oxygen atoms in total. The lowest BCUT2D eigenvalue weighted by atomic mass is 9.99. The van der Waals surface area contributed by atoms with Crippen LogP contribution < -0.4 is 0 Å². The smallest absolute Gasteiger partial charge is 0.159 e. The fourth-order valence-corrected chi connectivity index (χ4v) is 2.55. The highest BCUT2D eigenvalue weighted by Crippen LogP contribution is 2.44. The van der Waals surface area contributed by atoms with Gasteiger partial charge in [-0.2, -0.15) is 0 Å². The van der Waals surface area contributed by atoms with Crippen LogP contribution in [-0.4, -0.2) is 10.9 Å². The number of aryl methyl sites for hydroxylation is 1. The number of ketones is 1. The van der Waals surface area contributed by atoms with Crippen LogP contribution in [0, 0.1) is 0 Å². The minimum atomic E-state index is 0.242. The van der Waals surface area contributed by atoms with Crippen LogP contribution in [-0.2, 0) is 11.2 Å². The monoisotopic (exact) mass is 254 g/mol. The van der Waals surface area contributed by atoms with Crippen molar-refractivity contribution in [3.63, 3.8) is 0 Å². The molecule has 1 aromatic carbocycles. The molecule has 0 aliphatic heterocycles. The maximum atomic E-state index is 12.0.